The van der Waals surface area contributed by atoms with Gasteiger partial charge in [0.25, 0.3) is 0 Å². The van der Waals surface area contributed by atoms with Crippen molar-refractivity contribution >= 4 is 0 Å². The van der Waals surface area contributed by atoms with Gasteiger partial charge in [-0.2, -0.15) is 0 Å². The first-order valence-corrected chi connectivity index (χ1v) is 16.0. The Kier molecular flexibility index (Phi) is 5.23. The minimum Gasteiger partial charge on any atom is -0.0619 e. The molecule has 0 nitrogen and oxygen atoms in total. The standard InChI is InChI=1S/C24H22.C20H14/c1-23(2)19-11-7-5-9-15(19)17-14-22-18(13-21(17)23)16-10-6-8-12-20(16)24(22,3)4;1-3-7-17-13(5-1)9-15-11-20-16(12-19(15)17)10-14-6-2-4-8-18(14)20/h5-14H,1-4H3;1-8,11-12H,9-10H2. The average molecular weight is 565 g/mol. The van der Waals surface area contributed by atoms with Crippen LogP contribution in [0.1, 0.15) is 72.2 Å². The van der Waals surface area contributed by atoms with Gasteiger partial charge < -0.3 is 0 Å². The molecule has 0 heterocycles. The minimum absolute atomic E-state index is 0.0721. The molecule has 0 fully saturated rings. The van der Waals surface area contributed by atoms with Gasteiger partial charge in [0.1, 0.15) is 0 Å². The zero-order chi connectivity index (χ0) is 29.8. The van der Waals surface area contributed by atoms with Gasteiger partial charge in [-0.15, -0.1) is 0 Å². The van der Waals surface area contributed by atoms with Crippen LogP contribution in [-0.4, -0.2) is 0 Å². The average Bonchev–Trinajstić information content (AvgIpc) is 3.72. The third-order valence-corrected chi connectivity index (χ3v) is 11.0. The molecule has 212 valence electrons. The van der Waals surface area contributed by atoms with Crippen molar-refractivity contribution in [3.05, 3.63) is 166 Å². The van der Waals surface area contributed by atoms with Gasteiger partial charge in [0, 0.05) is 10.8 Å². The fourth-order valence-corrected chi connectivity index (χ4v) is 8.66. The second kappa shape index (κ2) is 8.93. The van der Waals surface area contributed by atoms with Crippen LogP contribution in [0, 0.1) is 0 Å². The zero-order valence-corrected chi connectivity index (χ0v) is 26.0. The van der Waals surface area contributed by atoms with E-state index in [0.717, 1.165) is 12.8 Å². The molecule has 4 aliphatic rings. The van der Waals surface area contributed by atoms with Crippen molar-refractivity contribution in [2.75, 3.05) is 0 Å². The van der Waals surface area contributed by atoms with Crippen molar-refractivity contribution in [1.29, 1.82) is 0 Å². The Morgan fingerprint density at radius 2 is 0.682 bits per heavy atom. The smallest absolute Gasteiger partial charge is 0.0159 e. The summed E-state index contributed by atoms with van der Waals surface area (Å²) < 4.78 is 0. The topological polar surface area (TPSA) is 0 Å². The quantitative estimate of drug-likeness (QED) is 0.172. The highest BCUT2D eigenvalue weighted by Gasteiger charge is 2.41. The largest absolute Gasteiger partial charge is 0.0619 e. The van der Waals surface area contributed by atoms with E-state index >= 15 is 0 Å². The first kappa shape index (κ1) is 25.8. The molecule has 6 aromatic carbocycles. The second-order valence-electron chi connectivity index (χ2n) is 14.1. The Bertz CT molecular complexity index is 2010. The molecule has 0 aliphatic heterocycles. The molecular weight excluding hydrogens is 528 g/mol. The van der Waals surface area contributed by atoms with Gasteiger partial charge in [0.2, 0.25) is 0 Å². The monoisotopic (exact) mass is 564 g/mol. The molecule has 0 atom stereocenters. The van der Waals surface area contributed by atoms with Crippen LogP contribution in [0.4, 0.5) is 0 Å². The third-order valence-electron chi connectivity index (χ3n) is 11.0. The Labute approximate surface area is 261 Å². The van der Waals surface area contributed by atoms with Crippen LogP contribution in [0.25, 0.3) is 44.5 Å². The van der Waals surface area contributed by atoms with Crippen molar-refractivity contribution in [3.63, 3.8) is 0 Å². The number of hydrogen-bond acceptors (Lipinski definition) is 0. The van der Waals surface area contributed by atoms with E-state index in [4.69, 9.17) is 0 Å². The van der Waals surface area contributed by atoms with Crippen LogP contribution < -0.4 is 0 Å². The molecule has 6 aromatic rings. The fraction of sp³-hybridized carbons (Fsp3) is 0.182. The highest BCUT2D eigenvalue weighted by molar-refractivity contribution is 5.89. The summed E-state index contributed by atoms with van der Waals surface area (Å²) in [6.07, 6.45) is 2.17. The Morgan fingerprint density at radius 3 is 1.11 bits per heavy atom. The van der Waals surface area contributed by atoms with E-state index in [9.17, 15) is 0 Å². The van der Waals surface area contributed by atoms with Crippen LogP contribution >= 0.6 is 0 Å². The summed E-state index contributed by atoms with van der Waals surface area (Å²) in [6, 6.07) is 45.2. The molecular formula is C44H36. The molecule has 0 unspecified atom stereocenters. The van der Waals surface area contributed by atoms with Gasteiger partial charge in [-0.1, -0.05) is 125 Å². The van der Waals surface area contributed by atoms with E-state index in [1.165, 1.54) is 89.0 Å². The Balaban J connectivity index is 0.000000125. The molecule has 0 N–H and O–H groups in total. The van der Waals surface area contributed by atoms with E-state index < -0.39 is 0 Å². The van der Waals surface area contributed by atoms with Crippen molar-refractivity contribution in [2.45, 2.75) is 51.4 Å². The molecule has 0 bridgehead atoms. The lowest BCUT2D eigenvalue weighted by Crippen LogP contribution is -2.16. The number of fused-ring (bicyclic) bond motifs is 12. The summed E-state index contributed by atoms with van der Waals surface area (Å²) in [5.74, 6) is 0. The molecule has 0 saturated heterocycles. The summed E-state index contributed by atoms with van der Waals surface area (Å²) >= 11 is 0. The predicted molar refractivity (Wildman–Crippen MR) is 184 cm³/mol. The van der Waals surface area contributed by atoms with Gasteiger partial charge in [0.15, 0.2) is 0 Å². The highest BCUT2D eigenvalue weighted by Crippen LogP contribution is 2.55. The molecule has 0 heteroatoms. The molecule has 0 aromatic heterocycles. The lowest BCUT2D eigenvalue weighted by atomic mass is 9.79. The van der Waals surface area contributed by atoms with Crippen LogP contribution in [0.5, 0.6) is 0 Å². The van der Waals surface area contributed by atoms with Crippen LogP contribution in [-0.2, 0) is 23.7 Å². The third kappa shape index (κ3) is 3.46. The maximum atomic E-state index is 2.47. The van der Waals surface area contributed by atoms with Crippen molar-refractivity contribution in [2.24, 2.45) is 0 Å². The van der Waals surface area contributed by atoms with Gasteiger partial charge in [0.05, 0.1) is 0 Å². The van der Waals surface area contributed by atoms with Crippen LogP contribution in [0.2, 0.25) is 0 Å². The summed E-state index contributed by atoms with van der Waals surface area (Å²) in [7, 11) is 0. The first-order valence-electron chi connectivity index (χ1n) is 16.0. The second-order valence-corrected chi connectivity index (χ2v) is 14.1. The summed E-state index contributed by atoms with van der Waals surface area (Å²) in [5.41, 5.74) is 23.3. The normalized spacial score (nSPS) is 15.9. The van der Waals surface area contributed by atoms with Crippen LogP contribution in [0.3, 0.4) is 0 Å². The summed E-state index contributed by atoms with van der Waals surface area (Å²) in [6.45, 7) is 9.43. The molecule has 44 heavy (non-hydrogen) atoms. The summed E-state index contributed by atoms with van der Waals surface area (Å²) in [5, 5.41) is 0. The van der Waals surface area contributed by atoms with Gasteiger partial charge in [-0.05, 0) is 126 Å². The van der Waals surface area contributed by atoms with E-state index in [1.807, 2.05) is 0 Å². The molecule has 0 radical (unpaired) electrons. The first-order chi connectivity index (χ1) is 21.3. The maximum absolute atomic E-state index is 2.47. The lowest BCUT2D eigenvalue weighted by Gasteiger charge is -2.24. The number of rotatable bonds is 0. The molecule has 4 aliphatic carbocycles. The molecule has 0 saturated carbocycles. The van der Waals surface area contributed by atoms with Gasteiger partial charge >= 0.3 is 0 Å². The summed E-state index contributed by atoms with van der Waals surface area (Å²) in [4.78, 5) is 0. The Morgan fingerprint density at radius 1 is 0.318 bits per heavy atom. The SMILES string of the molecule is CC1(C)c2ccccc2-c2cc3c(cc21)-c1ccccc1C3(C)C.c1ccc2c(c1)Cc1cc3c(cc1-2)Cc1ccccc1-3. The van der Waals surface area contributed by atoms with Crippen molar-refractivity contribution in [1.82, 2.24) is 0 Å². The molecule has 0 spiro atoms. The van der Waals surface area contributed by atoms with Crippen LogP contribution in [0.15, 0.2) is 121 Å². The van der Waals surface area contributed by atoms with Crippen molar-refractivity contribution in [3.8, 4) is 44.5 Å². The molecule has 10 rings (SSSR count). The predicted octanol–water partition coefficient (Wildman–Crippen LogP) is 11.1. The van der Waals surface area contributed by atoms with Gasteiger partial charge in [-0.3, -0.25) is 0 Å². The minimum atomic E-state index is 0.0721. The zero-order valence-electron chi connectivity index (χ0n) is 26.0. The highest BCUT2D eigenvalue weighted by atomic mass is 14.4. The van der Waals surface area contributed by atoms with Crippen molar-refractivity contribution < 1.29 is 0 Å². The maximum Gasteiger partial charge on any atom is 0.0159 e. The fourth-order valence-electron chi connectivity index (χ4n) is 8.66. The van der Waals surface area contributed by atoms with E-state index in [2.05, 4.69) is 149 Å². The van der Waals surface area contributed by atoms with E-state index in [0.29, 0.717) is 0 Å². The lowest BCUT2D eigenvalue weighted by molar-refractivity contribution is 0.652. The van der Waals surface area contributed by atoms with Gasteiger partial charge in [-0.25, -0.2) is 0 Å². The Hall–Kier alpha value is -4.68. The van der Waals surface area contributed by atoms with E-state index in [-0.39, 0.29) is 10.8 Å². The van der Waals surface area contributed by atoms with E-state index in [1.54, 1.807) is 0 Å². The molecule has 0 amide bonds. The number of benzene rings is 6. The number of hydrogen-bond donors (Lipinski definition) is 0.